The normalized spacial score (nSPS) is 12.9. The van der Waals surface area contributed by atoms with Crippen LogP contribution in [0.5, 0.6) is 0 Å². The van der Waals surface area contributed by atoms with Gasteiger partial charge < -0.3 is 0 Å². The van der Waals surface area contributed by atoms with Crippen LogP contribution in [0.4, 0.5) is 0 Å². The average Bonchev–Trinajstić information content (AvgIpc) is 3.15. The molecule has 10 heteroatoms. The van der Waals surface area contributed by atoms with E-state index in [9.17, 15) is 8.42 Å². The van der Waals surface area contributed by atoms with Crippen LogP contribution in [0.15, 0.2) is 70.7 Å². The van der Waals surface area contributed by atoms with Crippen molar-refractivity contribution in [2.45, 2.75) is 29.1 Å². The third-order valence-electron chi connectivity index (χ3n) is 4.66. The van der Waals surface area contributed by atoms with Crippen LogP contribution >= 0.6 is 23.4 Å². The van der Waals surface area contributed by atoms with Gasteiger partial charge in [0, 0.05) is 23.0 Å². The second kappa shape index (κ2) is 8.96. The molecule has 31 heavy (non-hydrogen) atoms. The van der Waals surface area contributed by atoms with Crippen molar-refractivity contribution in [3.8, 4) is 0 Å². The SMILES string of the molecule is Cc1cc(C)n2c(S[C@@H](CNS(=O)(=O)c3ccc(Cl)cc3)c3ccccc3)nnc2n1. The van der Waals surface area contributed by atoms with E-state index in [-0.39, 0.29) is 16.7 Å². The summed E-state index contributed by atoms with van der Waals surface area (Å²) in [6.45, 7) is 4.05. The van der Waals surface area contributed by atoms with E-state index in [4.69, 9.17) is 11.6 Å². The number of fused-ring (bicyclic) bond motifs is 1. The summed E-state index contributed by atoms with van der Waals surface area (Å²) in [4.78, 5) is 4.59. The fraction of sp³-hybridized carbons (Fsp3) is 0.190. The van der Waals surface area contributed by atoms with Crippen LogP contribution < -0.4 is 4.72 Å². The molecule has 4 aromatic rings. The van der Waals surface area contributed by atoms with Gasteiger partial charge in [-0.1, -0.05) is 53.7 Å². The number of hydrogen-bond acceptors (Lipinski definition) is 6. The van der Waals surface area contributed by atoms with Gasteiger partial charge in [-0.3, -0.25) is 4.40 Å². The molecule has 4 rings (SSSR count). The lowest BCUT2D eigenvalue weighted by Crippen LogP contribution is -2.27. The molecule has 0 fully saturated rings. The molecule has 2 heterocycles. The second-order valence-corrected chi connectivity index (χ2v) is 10.4. The molecular formula is C21H20ClN5O2S2. The fourth-order valence-electron chi connectivity index (χ4n) is 3.18. The molecule has 1 N–H and O–H groups in total. The monoisotopic (exact) mass is 473 g/mol. The Balaban J connectivity index is 1.62. The van der Waals surface area contributed by atoms with E-state index in [1.807, 2.05) is 54.6 Å². The highest BCUT2D eigenvalue weighted by Crippen LogP contribution is 2.34. The Morgan fingerprint density at radius 3 is 2.48 bits per heavy atom. The van der Waals surface area contributed by atoms with E-state index < -0.39 is 10.0 Å². The number of rotatable bonds is 7. The summed E-state index contributed by atoms with van der Waals surface area (Å²) in [5.41, 5.74) is 2.80. The Bertz CT molecular complexity index is 1310. The van der Waals surface area contributed by atoms with Gasteiger partial charge in [-0.2, -0.15) is 0 Å². The first-order valence-corrected chi connectivity index (χ1v) is 12.2. The minimum atomic E-state index is -3.69. The maximum absolute atomic E-state index is 12.8. The largest absolute Gasteiger partial charge is 0.259 e. The molecule has 2 aromatic heterocycles. The molecule has 0 saturated carbocycles. The molecule has 160 valence electrons. The molecule has 0 aliphatic heterocycles. The third-order valence-corrected chi connectivity index (χ3v) is 7.55. The highest BCUT2D eigenvalue weighted by Gasteiger charge is 2.22. The van der Waals surface area contributed by atoms with Crippen LogP contribution in [0.2, 0.25) is 5.02 Å². The molecule has 0 aliphatic rings. The lowest BCUT2D eigenvalue weighted by Gasteiger charge is -2.17. The molecule has 0 bridgehead atoms. The number of aryl methyl sites for hydroxylation is 2. The third kappa shape index (κ3) is 4.90. The highest BCUT2D eigenvalue weighted by molar-refractivity contribution is 7.99. The summed E-state index contributed by atoms with van der Waals surface area (Å²) in [6.07, 6.45) is 0. The van der Waals surface area contributed by atoms with Crippen molar-refractivity contribution in [3.63, 3.8) is 0 Å². The second-order valence-electron chi connectivity index (χ2n) is 6.98. The average molecular weight is 474 g/mol. The first kappa shape index (κ1) is 21.8. The Morgan fingerprint density at radius 2 is 1.77 bits per heavy atom. The summed E-state index contributed by atoms with van der Waals surface area (Å²) >= 11 is 7.32. The van der Waals surface area contributed by atoms with E-state index in [1.165, 1.54) is 23.9 Å². The molecule has 0 saturated heterocycles. The standard InChI is InChI=1S/C21H20ClN5O2S2/c1-14-12-15(2)27-20(24-14)25-26-21(27)30-19(16-6-4-3-5-7-16)13-23-31(28,29)18-10-8-17(22)9-11-18/h3-12,19,23H,13H2,1-2H3/t19-/m0/s1. The Hall–Kier alpha value is -2.46. The predicted octanol–water partition coefficient (Wildman–Crippen LogP) is 4.21. The minimum absolute atomic E-state index is 0.164. The zero-order valence-corrected chi connectivity index (χ0v) is 19.2. The van der Waals surface area contributed by atoms with Crippen LogP contribution in [0.3, 0.4) is 0 Å². The lowest BCUT2D eigenvalue weighted by atomic mass is 10.1. The van der Waals surface area contributed by atoms with Crippen molar-refractivity contribution in [3.05, 3.63) is 82.6 Å². The van der Waals surface area contributed by atoms with Crippen LogP contribution in [0.25, 0.3) is 5.78 Å². The molecule has 0 amide bonds. The lowest BCUT2D eigenvalue weighted by molar-refractivity contribution is 0.581. The Kier molecular flexibility index (Phi) is 6.29. The number of halogens is 1. The van der Waals surface area contributed by atoms with Crippen molar-refractivity contribution in [2.24, 2.45) is 0 Å². The fourth-order valence-corrected chi connectivity index (χ4v) is 5.59. The van der Waals surface area contributed by atoms with Gasteiger partial charge in [-0.25, -0.2) is 18.1 Å². The van der Waals surface area contributed by atoms with E-state index in [1.54, 1.807) is 12.1 Å². The van der Waals surface area contributed by atoms with Gasteiger partial charge in [0.05, 0.1) is 10.1 Å². The van der Waals surface area contributed by atoms with Crippen molar-refractivity contribution in [1.29, 1.82) is 0 Å². The van der Waals surface area contributed by atoms with E-state index in [0.717, 1.165) is 17.0 Å². The molecule has 1 atom stereocenters. The predicted molar refractivity (Wildman–Crippen MR) is 122 cm³/mol. The quantitative estimate of drug-likeness (QED) is 0.404. The summed E-state index contributed by atoms with van der Waals surface area (Å²) in [7, 11) is -3.69. The molecule has 0 unspecified atom stereocenters. The van der Waals surface area contributed by atoms with Crippen molar-refractivity contribution in [2.75, 3.05) is 6.54 Å². The number of aromatic nitrogens is 4. The van der Waals surface area contributed by atoms with Gasteiger partial charge in [-0.15, -0.1) is 10.2 Å². The number of hydrogen-bond donors (Lipinski definition) is 1. The molecule has 7 nitrogen and oxygen atoms in total. The smallest absolute Gasteiger partial charge is 0.256 e. The van der Waals surface area contributed by atoms with Crippen LogP contribution in [0, 0.1) is 13.8 Å². The van der Waals surface area contributed by atoms with Gasteiger partial charge in [0.1, 0.15) is 0 Å². The van der Waals surface area contributed by atoms with Crippen molar-refractivity contribution in [1.82, 2.24) is 24.3 Å². The van der Waals surface area contributed by atoms with Gasteiger partial charge in [0.2, 0.25) is 10.0 Å². The number of sulfonamides is 1. The van der Waals surface area contributed by atoms with Crippen LogP contribution in [-0.2, 0) is 10.0 Å². The number of nitrogens with zero attached hydrogens (tertiary/aromatic N) is 4. The number of benzene rings is 2. The van der Waals surface area contributed by atoms with Gasteiger partial charge >= 0.3 is 0 Å². The molecule has 2 aromatic carbocycles. The van der Waals surface area contributed by atoms with Crippen molar-refractivity contribution >= 4 is 39.2 Å². The van der Waals surface area contributed by atoms with Crippen molar-refractivity contribution < 1.29 is 8.42 Å². The summed E-state index contributed by atoms with van der Waals surface area (Å²) < 4.78 is 30.1. The maximum Gasteiger partial charge on any atom is 0.256 e. The maximum atomic E-state index is 12.8. The first-order valence-electron chi connectivity index (χ1n) is 9.50. The zero-order chi connectivity index (χ0) is 22.0. The van der Waals surface area contributed by atoms with Crippen LogP contribution in [0.1, 0.15) is 22.2 Å². The highest BCUT2D eigenvalue weighted by atomic mass is 35.5. The van der Waals surface area contributed by atoms with E-state index in [0.29, 0.717) is 16.0 Å². The van der Waals surface area contributed by atoms with Gasteiger partial charge in [0.15, 0.2) is 5.16 Å². The molecule has 0 radical (unpaired) electrons. The van der Waals surface area contributed by atoms with E-state index in [2.05, 4.69) is 19.9 Å². The molecular weight excluding hydrogens is 454 g/mol. The minimum Gasteiger partial charge on any atom is -0.259 e. The van der Waals surface area contributed by atoms with E-state index >= 15 is 0 Å². The Morgan fingerprint density at radius 1 is 1.06 bits per heavy atom. The summed E-state index contributed by atoms with van der Waals surface area (Å²) in [5, 5.41) is 9.39. The topological polar surface area (TPSA) is 89.2 Å². The van der Waals surface area contributed by atoms with Gasteiger partial charge in [-0.05, 0) is 49.7 Å². The number of thioether (sulfide) groups is 1. The first-order chi connectivity index (χ1) is 14.8. The molecule has 0 aliphatic carbocycles. The summed E-state index contributed by atoms with van der Waals surface area (Å²) in [6, 6.07) is 17.7. The Labute approximate surface area is 189 Å². The van der Waals surface area contributed by atoms with Crippen LogP contribution in [-0.4, -0.2) is 34.5 Å². The summed E-state index contributed by atoms with van der Waals surface area (Å²) in [5.74, 6) is 0.522. The van der Waals surface area contributed by atoms with Gasteiger partial charge in [0.25, 0.3) is 5.78 Å². The zero-order valence-electron chi connectivity index (χ0n) is 16.9. The molecule has 0 spiro atoms. The number of nitrogens with one attached hydrogen (secondary N) is 1.